The second-order valence-corrected chi connectivity index (χ2v) is 7.43. The summed E-state index contributed by atoms with van der Waals surface area (Å²) in [5.41, 5.74) is 6.26. The van der Waals surface area contributed by atoms with Crippen molar-refractivity contribution in [3.63, 3.8) is 0 Å². The van der Waals surface area contributed by atoms with Gasteiger partial charge >= 0.3 is 0 Å². The lowest BCUT2D eigenvalue weighted by Crippen LogP contribution is -2.37. The van der Waals surface area contributed by atoms with Crippen LogP contribution in [0.2, 0.25) is 0 Å². The molecule has 2 aromatic carbocycles. The minimum atomic E-state index is -0.289. The molecule has 2 atom stereocenters. The Morgan fingerprint density at radius 2 is 1.73 bits per heavy atom. The zero-order valence-corrected chi connectivity index (χ0v) is 14.7. The molecule has 3 aliphatic rings. The fraction of sp³-hybridized carbons (Fsp3) is 0.261. The van der Waals surface area contributed by atoms with E-state index < -0.39 is 0 Å². The van der Waals surface area contributed by atoms with Crippen LogP contribution in [0.25, 0.3) is 5.70 Å². The van der Waals surface area contributed by atoms with E-state index in [-0.39, 0.29) is 23.4 Å². The highest BCUT2D eigenvalue weighted by molar-refractivity contribution is 6.25. The number of fused-ring (bicyclic) bond motifs is 3. The van der Waals surface area contributed by atoms with Crippen molar-refractivity contribution in [1.82, 2.24) is 0 Å². The number of carbonyl (C=O) groups excluding carboxylic acids is 2. The minimum Gasteiger partial charge on any atom is -0.299 e. The Morgan fingerprint density at radius 3 is 2.54 bits per heavy atom. The van der Waals surface area contributed by atoms with Gasteiger partial charge in [0.2, 0.25) is 0 Å². The molecule has 0 saturated heterocycles. The topological polar surface area (TPSA) is 46.5 Å². The van der Waals surface area contributed by atoms with Crippen LogP contribution in [0, 0.1) is 12.8 Å². The fourth-order valence-corrected chi connectivity index (χ4v) is 4.67. The lowest BCUT2D eigenvalue weighted by molar-refractivity contribution is -0.121. The van der Waals surface area contributed by atoms with Gasteiger partial charge in [-0.1, -0.05) is 54.1 Å². The monoisotopic (exact) mass is 341 g/mol. The van der Waals surface area contributed by atoms with E-state index in [1.165, 1.54) is 0 Å². The summed E-state index contributed by atoms with van der Waals surface area (Å²) in [6.45, 7) is 2.05. The third-order valence-corrected chi connectivity index (χ3v) is 5.79. The van der Waals surface area contributed by atoms with Crippen molar-refractivity contribution in [3.8, 4) is 0 Å². The van der Waals surface area contributed by atoms with Crippen molar-refractivity contribution in [1.29, 1.82) is 0 Å². The number of ketones is 2. The van der Waals surface area contributed by atoms with Crippen molar-refractivity contribution in [2.24, 2.45) is 10.9 Å². The first-order chi connectivity index (χ1) is 12.6. The summed E-state index contributed by atoms with van der Waals surface area (Å²) in [6, 6.07) is 15.9. The third-order valence-electron chi connectivity index (χ3n) is 5.79. The first-order valence-corrected chi connectivity index (χ1v) is 9.20. The third kappa shape index (κ3) is 2.10. The van der Waals surface area contributed by atoms with Gasteiger partial charge in [-0.2, -0.15) is 0 Å². The number of hydrogen-bond acceptors (Lipinski definition) is 3. The molecule has 1 heterocycles. The largest absolute Gasteiger partial charge is 0.299 e. The molecule has 2 aromatic rings. The van der Waals surface area contributed by atoms with E-state index in [1.54, 1.807) is 0 Å². The summed E-state index contributed by atoms with van der Waals surface area (Å²) >= 11 is 0. The number of allylic oxidation sites excluding steroid dienone is 1. The highest BCUT2D eigenvalue weighted by Gasteiger charge is 2.46. The SMILES string of the molecule is Cc1cccc([C@@H]2C3=C(N=C4CCCC(=O)C42)c2ccccc2C3=O)c1. The van der Waals surface area contributed by atoms with Gasteiger partial charge in [0.25, 0.3) is 0 Å². The molecule has 26 heavy (non-hydrogen) atoms. The zero-order chi connectivity index (χ0) is 17.8. The van der Waals surface area contributed by atoms with Crippen LogP contribution in [0.4, 0.5) is 0 Å². The molecule has 1 aliphatic heterocycles. The lowest BCUT2D eigenvalue weighted by atomic mass is 9.69. The average molecular weight is 341 g/mol. The molecular formula is C23H19NO2. The minimum absolute atomic E-state index is 0.0308. The molecule has 128 valence electrons. The molecule has 0 spiro atoms. The Hall–Kier alpha value is -2.81. The smallest absolute Gasteiger partial charge is 0.192 e. The molecule has 1 saturated carbocycles. The Balaban J connectivity index is 1.77. The predicted octanol–water partition coefficient (Wildman–Crippen LogP) is 4.51. The van der Waals surface area contributed by atoms with Gasteiger partial charge < -0.3 is 0 Å². The Morgan fingerprint density at radius 1 is 0.923 bits per heavy atom. The second-order valence-electron chi connectivity index (χ2n) is 7.43. The maximum atomic E-state index is 13.2. The van der Waals surface area contributed by atoms with Gasteiger partial charge in [0.15, 0.2) is 5.78 Å². The molecule has 0 bridgehead atoms. The molecule has 2 aliphatic carbocycles. The van der Waals surface area contributed by atoms with Crippen molar-refractivity contribution < 1.29 is 9.59 Å². The van der Waals surface area contributed by atoms with Crippen molar-refractivity contribution in [2.75, 3.05) is 0 Å². The van der Waals surface area contributed by atoms with Crippen LogP contribution < -0.4 is 0 Å². The Labute approximate surface area is 152 Å². The molecular weight excluding hydrogens is 322 g/mol. The summed E-state index contributed by atoms with van der Waals surface area (Å²) in [7, 11) is 0. The number of Topliss-reactive ketones (excluding diaryl/α,β-unsaturated/α-hetero) is 2. The number of aliphatic imine (C=N–C) groups is 1. The van der Waals surface area contributed by atoms with Crippen molar-refractivity contribution in [2.45, 2.75) is 32.1 Å². The Kier molecular flexibility index (Phi) is 3.33. The summed E-state index contributed by atoms with van der Waals surface area (Å²) in [4.78, 5) is 31.0. The van der Waals surface area contributed by atoms with Crippen LogP contribution in [-0.4, -0.2) is 17.3 Å². The lowest BCUT2D eigenvalue weighted by Gasteiger charge is -2.35. The average Bonchev–Trinajstić information content (AvgIpc) is 2.93. The second kappa shape index (κ2) is 5.60. The molecule has 5 rings (SSSR count). The van der Waals surface area contributed by atoms with Crippen LogP contribution in [0.15, 0.2) is 59.1 Å². The van der Waals surface area contributed by atoms with Gasteiger partial charge in [-0.05, 0) is 25.3 Å². The summed E-state index contributed by atoms with van der Waals surface area (Å²) in [5, 5.41) is 0. The molecule has 3 nitrogen and oxygen atoms in total. The van der Waals surface area contributed by atoms with Crippen LogP contribution in [0.3, 0.4) is 0 Å². The van der Waals surface area contributed by atoms with Gasteiger partial charge in [0.05, 0.1) is 11.6 Å². The number of hydrogen-bond donors (Lipinski definition) is 0. The maximum absolute atomic E-state index is 13.2. The van der Waals surface area contributed by atoms with Gasteiger partial charge in [-0.3, -0.25) is 14.6 Å². The van der Waals surface area contributed by atoms with E-state index in [0.717, 1.165) is 40.9 Å². The molecule has 0 radical (unpaired) electrons. The number of nitrogens with zero attached hydrogens (tertiary/aromatic N) is 1. The standard InChI is InChI=1S/C23H19NO2/c1-13-6-4-7-14(12-13)19-20-17(10-5-11-18(20)25)24-22-15-8-2-3-9-16(15)23(26)21(19)22/h2-4,6-9,12,19-20H,5,10-11H2,1H3/t19-,20?/m0/s1. The van der Waals surface area contributed by atoms with Gasteiger partial charge in [0.1, 0.15) is 5.78 Å². The number of rotatable bonds is 1. The van der Waals surface area contributed by atoms with Gasteiger partial charge in [0, 0.05) is 34.8 Å². The molecule has 0 N–H and O–H groups in total. The van der Waals surface area contributed by atoms with E-state index in [4.69, 9.17) is 4.99 Å². The van der Waals surface area contributed by atoms with Crippen LogP contribution in [0.1, 0.15) is 52.2 Å². The normalized spacial score (nSPS) is 24.1. The van der Waals surface area contributed by atoms with Gasteiger partial charge in [-0.25, -0.2) is 0 Å². The molecule has 1 fully saturated rings. The molecule has 0 aromatic heterocycles. The number of benzene rings is 2. The zero-order valence-electron chi connectivity index (χ0n) is 14.7. The number of aryl methyl sites for hydroxylation is 1. The van der Waals surface area contributed by atoms with E-state index in [2.05, 4.69) is 6.07 Å². The molecule has 3 heteroatoms. The van der Waals surface area contributed by atoms with Crippen LogP contribution in [-0.2, 0) is 4.79 Å². The fourth-order valence-electron chi connectivity index (χ4n) is 4.67. The Bertz CT molecular complexity index is 1030. The summed E-state index contributed by atoms with van der Waals surface area (Å²) in [6.07, 6.45) is 2.27. The van der Waals surface area contributed by atoms with E-state index in [0.29, 0.717) is 17.6 Å². The first kappa shape index (κ1) is 15.4. The van der Waals surface area contributed by atoms with Crippen LogP contribution >= 0.6 is 0 Å². The van der Waals surface area contributed by atoms with Crippen molar-refractivity contribution in [3.05, 3.63) is 76.4 Å². The van der Waals surface area contributed by atoms with E-state index in [1.807, 2.05) is 49.4 Å². The van der Waals surface area contributed by atoms with Gasteiger partial charge in [-0.15, -0.1) is 0 Å². The van der Waals surface area contributed by atoms with E-state index >= 15 is 0 Å². The first-order valence-electron chi connectivity index (χ1n) is 9.20. The van der Waals surface area contributed by atoms with Crippen molar-refractivity contribution >= 4 is 23.0 Å². The highest BCUT2D eigenvalue weighted by Crippen LogP contribution is 2.49. The summed E-state index contributed by atoms with van der Waals surface area (Å²) < 4.78 is 0. The van der Waals surface area contributed by atoms with E-state index in [9.17, 15) is 9.59 Å². The maximum Gasteiger partial charge on any atom is 0.192 e. The highest BCUT2D eigenvalue weighted by atomic mass is 16.1. The predicted molar refractivity (Wildman–Crippen MR) is 101 cm³/mol. The molecule has 0 amide bonds. The molecule has 1 unspecified atom stereocenters. The van der Waals surface area contributed by atoms with Crippen LogP contribution in [0.5, 0.6) is 0 Å². The summed E-state index contributed by atoms with van der Waals surface area (Å²) in [5.74, 6) is -0.257. The number of carbonyl (C=O) groups is 2. The quantitative estimate of drug-likeness (QED) is 0.766.